The third-order valence-electron chi connectivity index (χ3n) is 5.58. The highest BCUT2D eigenvalue weighted by atomic mass is 32.2. The second kappa shape index (κ2) is 8.06. The molecular formula is C19H28N2O4S. The Morgan fingerprint density at radius 2 is 1.81 bits per heavy atom. The SMILES string of the molecule is CS(=O)(=O)c1ccccc1C(=O)NCC1(N2CCOCC2)CCCCC1. The first-order chi connectivity index (χ1) is 12.4. The smallest absolute Gasteiger partial charge is 0.252 e. The molecule has 1 amide bonds. The number of nitrogens with zero attached hydrogens (tertiary/aromatic N) is 1. The molecule has 2 fully saturated rings. The third-order valence-corrected chi connectivity index (χ3v) is 6.73. The molecule has 1 aromatic rings. The van der Waals surface area contributed by atoms with Crippen LogP contribution in [-0.4, -0.2) is 63.9 Å². The number of sulfone groups is 1. The first kappa shape index (κ1) is 19.3. The molecule has 0 atom stereocenters. The number of amides is 1. The van der Waals surface area contributed by atoms with Crippen molar-refractivity contribution in [2.24, 2.45) is 0 Å². The van der Waals surface area contributed by atoms with Crippen molar-refractivity contribution in [1.82, 2.24) is 10.2 Å². The van der Waals surface area contributed by atoms with Crippen LogP contribution in [0.2, 0.25) is 0 Å². The summed E-state index contributed by atoms with van der Waals surface area (Å²) in [5.41, 5.74) is 0.181. The van der Waals surface area contributed by atoms with E-state index in [1.807, 2.05) is 0 Å². The van der Waals surface area contributed by atoms with Crippen LogP contribution in [0.4, 0.5) is 0 Å². The molecule has 26 heavy (non-hydrogen) atoms. The van der Waals surface area contributed by atoms with Crippen molar-refractivity contribution in [2.45, 2.75) is 42.5 Å². The van der Waals surface area contributed by atoms with Crippen LogP contribution < -0.4 is 5.32 Å². The fourth-order valence-corrected chi connectivity index (χ4v) is 5.06. The van der Waals surface area contributed by atoms with E-state index in [0.717, 1.165) is 58.2 Å². The first-order valence-corrected chi connectivity index (χ1v) is 11.2. The quantitative estimate of drug-likeness (QED) is 0.844. The zero-order chi connectivity index (χ0) is 18.6. The van der Waals surface area contributed by atoms with E-state index in [0.29, 0.717) is 6.54 Å². The van der Waals surface area contributed by atoms with E-state index in [1.54, 1.807) is 18.2 Å². The average Bonchev–Trinajstić information content (AvgIpc) is 2.67. The zero-order valence-corrected chi connectivity index (χ0v) is 16.2. The van der Waals surface area contributed by atoms with E-state index < -0.39 is 9.84 Å². The van der Waals surface area contributed by atoms with E-state index in [2.05, 4.69) is 10.2 Å². The topological polar surface area (TPSA) is 75.7 Å². The summed E-state index contributed by atoms with van der Waals surface area (Å²) in [5.74, 6) is -0.316. The fraction of sp³-hybridized carbons (Fsp3) is 0.632. The molecule has 1 aromatic carbocycles. The number of carbonyl (C=O) groups is 1. The molecule has 1 aliphatic carbocycles. The summed E-state index contributed by atoms with van der Waals surface area (Å²) >= 11 is 0. The van der Waals surface area contributed by atoms with Crippen molar-refractivity contribution in [2.75, 3.05) is 39.1 Å². The number of ether oxygens (including phenoxy) is 1. The highest BCUT2D eigenvalue weighted by molar-refractivity contribution is 7.90. The van der Waals surface area contributed by atoms with Crippen LogP contribution in [0.25, 0.3) is 0 Å². The van der Waals surface area contributed by atoms with Gasteiger partial charge in [-0.05, 0) is 25.0 Å². The van der Waals surface area contributed by atoms with E-state index in [9.17, 15) is 13.2 Å². The zero-order valence-electron chi connectivity index (χ0n) is 15.4. The maximum absolute atomic E-state index is 12.8. The lowest BCUT2D eigenvalue weighted by molar-refractivity contribution is -0.0361. The van der Waals surface area contributed by atoms with Gasteiger partial charge < -0.3 is 10.1 Å². The van der Waals surface area contributed by atoms with Crippen LogP contribution in [0, 0.1) is 0 Å². The first-order valence-electron chi connectivity index (χ1n) is 9.32. The number of hydrogen-bond acceptors (Lipinski definition) is 5. The summed E-state index contributed by atoms with van der Waals surface area (Å²) in [5, 5.41) is 3.03. The Hall–Kier alpha value is -1.44. The maximum Gasteiger partial charge on any atom is 0.252 e. The summed E-state index contributed by atoms with van der Waals surface area (Å²) < 4.78 is 29.4. The molecule has 1 N–H and O–H groups in total. The minimum Gasteiger partial charge on any atom is -0.379 e. The van der Waals surface area contributed by atoms with Gasteiger partial charge in [-0.25, -0.2) is 8.42 Å². The molecular weight excluding hydrogens is 352 g/mol. The van der Waals surface area contributed by atoms with Gasteiger partial charge in [-0.3, -0.25) is 9.69 Å². The standard InChI is InChI=1S/C19H28N2O4S/c1-26(23,24)17-8-4-3-7-16(17)18(22)20-15-19(9-5-2-6-10-19)21-11-13-25-14-12-21/h3-4,7-8H,2,5-6,9-15H2,1H3,(H,20,22). The van der Waals surface area contributed by atoms with Gasteiger partial charge in [0.1, 0.15) is 0 Å². The molecule has 1 saturated carbocycles. The van der Waals surface area contributed by atoms with Gasteiger partial charge in [0.05, 0.1) is 23.7 Å². The summed E-state index contributed by atoms with van der Waals surface area (Å²) in [4.78, 5) is 15.3. The van der Waals surface area contributed by atoms with Crippen LogP contribution in [0.1, 0.15) is 42.5 Å². The molecule has 0 aromatic heterocycles. The van der Waals surface area contributed by atoms with Crippen molar-refractivity contribution >= 4 is 15.7 Å². The number of hydrogen-bond donors (Lipinski definition) is 1. The number of morpholine rings is 1. The van der Waals surface area contributed by atoms with E-state index in [1.165, 1.54) is 12.5 Å². The predicted molar refractivity (Wildman–Crippen MR) is 100 cm³/mol. The number of rotatable bonds is 5. The fourth-order valence-electron chi connectivity index (χ4n) is 4.17. The largest absolute Gasteiger partial charge is 0.379 e. The Bertz CT molecular complexity index is 736. The third kappa shape index (κ3) is 4.27. The van der Waals surface area contributed by atoms with Gasteiger partial charge in [-0.1, -0.05) is 31.4 Å². The van der Waals surface area contributed by atoms with Crippen molar-refractivity contribution < 1.29 is 17.9 Å². The van der Waals surface area contributed by atoms with Crippen LogP contribution in [-0.2, 0) is 14.6 Å². The normalized spacial score (nSPS) is 21.3. The number of nitrogens with one attached hydrogen (secondary N) is 1. The van der Waals surface area contributed by atoms with Crippen LogP contribution in [0.15, 0.2) is 29.2 Å². The maximum atomic E-state index is 12.8. The Kier molecular flexibility index (Phi) is 5.99. The molecule has 0 unspecified atom stereocenters. The predicted octanol–water partition coefficient (Wildman–Crippen LogP) is 1.85. The second-order valence-electron chi connectivity index (χ2n) is 7.34. The van der Waals surface area contributed by atoms with Gasteiger partial charge in [0.25, 0.3) is 5.91 Å². The molecule has 1 aliphatic heterocycles. The summed E-state index contributed by atoms with van der Waals surface area (Å²) in [6.07, 6.45) is 6.80. The van der Waals surface area contributed by atoms with Crippen molar-refractivity contribution in [3.8, 4) is 0 Å². The number of carbonyl (C=O) groups excluding carboxylic acids is 1. The molecule has 144 valence electrons. The molecule has 1 heterocycles. The highest BCUT2D eigenvalue weighted by Gasteiger charge is 2.39. The summed E-state index contributed by atoms with van der Waals surface area (Å²) in [7, 11) is -3.45. The van der Waals surface area contributed by atoms with Gasteiger partial charge in [0.15, 0.2) is 9.84 Å². The van der Waals surface area contributed by atoms with Gasteiger partial charge in [0.2, 0.25) is 0 Å². The molecule has 0 radical (unpaired) electrons. The lowest BCUT2D eigenvalue weighted by atomic mass is 9.79. The van der Waals surface area contributed by atoms with E-state index >= 15 is 0 Å². The van der Waals surface area contributed by atoms with E-state index in [4.69, 9.17) is 4.74 Å². The minimum absolute atomic E-state index is 0.0439. The highest BCUT2D eigenvalue weighted by Crippen LogP contribution is 2.34. The Labute approximate surface area is 155 Å². The summed E-state index contributed by atoms with van der Waals surface area (Å²) in [6, 6.07) is 6.40. The van der Waals surface area contributed by atoms with Crippen molar-refractivity contribution in [3.63, 3.8) is 0 Å². The van der Waals surface area contributed by atoms with Crippen LogP contribution in [0.3, 0.4) is 0 Å². The van der Waals surface area contributed by atoms with Gasteiger partial charge in [0, 0.05) is 31.4 Å². The van der Waals surface area contributed by atoms with Crippen LogP contribution in [0.5, 0.6) is 0 Å². The lowest BCUT2D eigenvalue weighted by Crippen LogP contribution is -2.59. The minimum atomic E-state index is -3.45. The number of benzene rings is 1. The van der Waals surface area contributed by atoms with E-state index in [-0.39, 0.29) is 21.9 Å². The molecule has 0 spiro atoms. The van der Waals surface area contributed by atoms with Crippen LogP contribution >= 0.6 is 0 Å². The van der Waals surface area contributed by atoms with Crippen molar-refractivity contribution in [3.05, 3.63) is 29.8 Å². The molecule has 3 rings (SSSR count). The molecule has 6 nitrogen and oxygen atoms in total. The van der Waals surface area contributed by atoms with Gasteiger partial charge >= 0.3 is 0 Å². The molecule has 1 saturated heterocycles. The Morgan fingerprint density at radius 1 is 1.15 bits per heavy atom. The van der Waals surface area contributed by atoms with Crippen molar-refractivity contribution in [1.29, 1.82) is 0 Å². The Morgan fingerprint density at radius 3 is 2.46 bits per heavy atom. The molecule has 2 aliphatic rings. The second-order valence-corrected chi connectivity index (χ2v) is 9.32. The van der Waals surface area contributed by atoms with Gasteiger partial charge in [-0.2, -0.15) is 0 Å². The molecule has 0 bridgehead atoms. The average molecular weight is 381 g/mol. The summed E-state index contributed by atoms with van der Waals surface area (Å²) in [6.45, 7) is 3.77. The van der Waals surface area contributed by atoms with Gasteiger partial charge in [-0.15, -0.1) is 0 Å². The molecule has 7 heteroatoms. The Balaban J connectivity index is 1.76. The monoisotopic (exact) mass is 380 g/mol. The lowest BCUT2D eigenvalue weighted by Gasteiger charge is -2.48.